The van der Waals surface area contributed by atoms with Gasteiger partial charge in [-0.1, -0.05) is 45.0 Å². The lowest BCUT2D eigenvalue weighted by molar-refractivity contribution is -0.233. The Morgan fingerprint density at radius 3 is 2.27 bits per heavy atom. The van der Waals surface area contributed by atoms with E-state index in [4.69, 9.17) is 4.74 Å². The summed E-state index contributed by atoms with van der Waals surface area (Å²) in [4.78, 5) is 4.35. The molecular formula is C18H25N3O5. The first-order valence-corrected chi connectivity index (χ1v) is 8.56. The molecule has 0 radical (unpaired) electrons. The number of aromatic amines is 1. The van der Waals surface area contributed by atoms with Gasteiger partial charge in [0, 0.05) is 5.56 Å². The summed E-state index contributed by atoms with van der Waals surface area (Å²) in [6, 6.07) is 7.86. The van der Waals surface area contributed by atoms with E-state index in [1.165, 1.54) is 5.56 Å². The Morgan fingerprint density at radius 1 is 1.04 bits per heavy atom. The number of aliphatic hydroxyl groups is 4. The van der Waals surface area contributed by atoms with Crippen molar-refractivity contribution in [1.82, 2.24) is 15.2 Å². The van der Waals surface area contributed by atoms with Crippen molar-refractivity contribution in [2.24, 2.45) is 0 Å². The van der Waals surface area contributed by atoms with E-state index in [1.807, 2.05) is 24.3 Å². The van der Waals surface area contributed by atoms with Crippen molar-refractivity contribution in [2.45, 2.75) is 56.7 Å². The minimum absolute atomic E-state index is 0.0407. The first-order valence-electron chi connectivity index (χ1n) is 8.56. The van der Waals surface area contributed by atoms with Crippen LogP contribution < -0.4 is 0 Å². The summed E-state index contributed by atoms with van der Waals surface area (Å²) >= 11 is 0. The van der Waals surface area contributed by atoms with Gasteiger partial charge in [0.1, 0.15) is 30.5 Å². The first kappa shape index (κ1) is 18.9. The van der Waals surface area contributed by atoms with Gasteiger partial charge in [-0.25, -0.2) is 4.98 Å². The zero-order valence-electron chi connectivity index (χ0n) is 15.0. The van der Waals surface area contributed by atoms with Crippen LogP contribution in [0.1, 0.15) is 38.3 Å². The molecule has 8 heteroatoms. The molecule has 1 aromatic heterocycles. The van der Waals surface area contributed by atoms with Crippen molar-refractivity contribution < 1.29 is 25.2 Å². The fraction of sp³-hybridized carbons (Fsp3) is 0.556. The molecule has 3 rings (SSSR count). The Bertz CT molecular complexity index is 738. The summed E-state index contributed by atoms with van der Waals surface area (Å²) in [6.07, 6.45) is -6.26. The third kappa shape index (κ3) is 3.51. The maximum Gasteiger partial charge on any atom is 0.181 e. The van der Waals surface area contributed by atoms with Crippen LogP contribution in [0.2, 0.25) is 0 Å². The molecule has 0 bridgehead atoms. The normalized spacial score (nSPS) is 29.7. The van der Waals surface area contributed by atoms with Gasteiger partial charge in [0.05, 0.1) is 6.61 Å². The Hall–Kier alpha value is -1.84. The highest BCUT2D eigenvalue weighted by Crippen LogP contribution is 2.31. The maximum atomic E-state index is 10.2. The monoisotopic (exact) mass is 363 g/mol. The third-order valence-corrected chi connectivity index (χ3v) is 4.67. The Kier molecular flexibility index (Phi) is 5.14. The largest absolute Gasteiger partial charge is 0.394 e. The van der Waals surface area contributed by atoms with Gasteiger partial charge in [0.25, 0.3) is 0 Å². The maximum absolute atomic E-state index is 10.2. The lowest BCUT2D eigenvalue weighted by atomic mass is 9.87. The first-order chi connectivity index (χ1) is 12.2. The number of hydrogen-bond acceptors (Lipinski definition) is 7. The molecule has 1 aromatic carbocycles. The van der Waals surface area contributed by atoms with E-state index in [1.54, 1.807) is 0 Å². The zero-order chi connectivity index (χ0) is 19.1. The summed E-state index contributed by atoms with van der Waals surface area (Å²) in [7, 11) is 0. The van der Waals surface area contributed by atoms with Crippen LogP contribution in [0.3, 0.4) is 0 Å². The van der Waals surface area contributed by atoms with Gasteiger partial charge in [-0.3, -0.25) is 5.10 Å². The molecule has 2 heterocycles. The van der Waals surface area contributed by atoms with Crippen LogP contribution in [0.4, 0.5) is 0 Å². The molecule has 1 saturated heterocycles. The van der Waals surface area contributed by atoms with Crippen LogP contribution in [-0.2, 0) is 10.2 Å². The smallest absolute Gasteiger partial charge is 0.181 e. The molecule has 1 aliphatic heterocycles. The van der Waals surface area contributed by atoms with E-state index in [2.05, 4.69) is 36.0 Å². The van der Waals surface area contributed by atoms with Crippen LogP contribution in [0, 0.1) is 0 Å². The van der Waals surface area contributed by atoms with E-state index in [0.29, 0.717) is 5.82 Å². The number of H-pyrrole nitrogens is 1. The van der Waals surface area contributed by atoms with E-state index in [-0.39, 0.29) is 11.2 Å². The van der Waals surface area contributed by atoms with Gasteiger partial charge in [-0.2, -0.15) is 5.10 Å². The minimum atomic E-state index is -1.45. The third-order valence-electron chi connectivity index (χ3n) is 4.67. The summed E-state index contributed by atoms with van der Waals surface area (Å²) in [5, 5.41) is 46.1. The summed E-state index contributed by atoms with van der Waals surface area (Å²) < 4.78 is 5.49. The molecule has 5 atom stereocenters. The van der Waals surface area contributed by atoms with Crippen LogP contribution in [0.5, 0.6) is 0 Å². The quantitative estimate of drug-likeness (QED) is 0.529. The average Bonchev–Trinajstić information content (AvgIpc) is 3.09. The predicted octanol–water partition coefficient (Wildman–Crippen LogP) is 0.284. The van der Waals surface area contributed by atoms with E-state index >= 15 is 0 Å². The van der Waals surface area contributed by atoms with Crippen molar-refractivity contribution in [3.05, 3.63) is 35.7 Å². The Balaban J connectivity index is 1.83. The van der Waals surface area contributed by atoms with Crippen molar-refractivity contribution >= 4 is 0 Å². The second kappa shape index (κ2) is 7.05. The van der Waals surface area contributed by atoms with Gasteiger partial charge in [-0.15, -0.1) is 0 Å². The zero-order valence-corrected chi connectivity index (χ0v) is 15.0. The van der Waals surface area contributed by atoms with Gasteiger partial charge in [0.15, 0.2) is 11.6 Å². The summed E-state index contributed by atoms with van der Waals surface area (Å²) in [5.41, 5.74) is 2.02. The molecule has 26 heavy (non-hydrogen) atoms. The van der Waals surface area contributed by atoms with Gasteiger partial charge in [0.2, 0.25) is 0 Å². The fourth-order valence-electron chi connectivity index (χ4n) is 2.98. The molecule has 1 aliphatic rings. The van der Waals surface area contributed by atoms with Gasteiger partial charge >= 0.3 is 0 Å². The number of nitrogens with zero attached hydrogens (tertiary/aromatic N) is 2. The Labute approximate surface area is 151 Å². The van der Waals surface area contributed by atoms with Crippen molar-refractivity contribution in [2.75, 3.05) is 6.61 Å². The molecule has 0 spiro atoms. The van der Waals surface area contributed by atoms with E-state index in [9.17, 15) is 20.4 Å². The second-order valence-electron chi connectivity index (χ2n) is 7.62. The lowest BCUT2D eigenvalue weighted by Gasteiger charge is -2.38. The van der Waals surface area contributed by atoms with Crippen molar-refractivity contribution in [1.29, 1.82) is 0 Å². The van der Waals surface area contributed by atoms with Gasteiger partial charge < -0.3 is 25.2 Å². The average molecular weight is 363 g/mol. The molecule has 5 N–H and O–H groups in total. The van der Waals surface area contributed by atoms with Crippen LogP contribution in [-0.4, -0.2) is 66.6 Å². The molecule has 8 nitrogen and oxygen atoms in total. The highest BCUT2D eigenvalue weighted by atomic mass is 16.5. The fourth-order valence-corrected chi connectivity index (χ4v) is 2.98. The molecule has 142 valence electrons. The molecule has 0 saturated carbocycles. The summed E-state index contributed by atoms with van der Waals surface area (Å²) in [5.74, 6) is 0.647. The van der Waals surface area contributed by atoms with Crippen LogP contribution >= 0.6 is 0 Å². The number of aromatic nitrogens is 3. The second-order valence-corrected chi connectivity index (χ2v) is 7.62. The van der Waals surface area contributed by atoms with Crippen molar-refractivity contribution in [3.8, 4) is 11.4 Å². The number of rotatable bonds is 3. The number of nitrogens with one attached hydrogen (secondary N) is 1. The highest BCUT2D eigenvalue weighted by Gasteiger charge is 2.45. The van der Waals surface area contributed by atoms with Gasteiger partial charge in [-0.05, 0) is 11.0 Å². The molecule has 0 amide bonds. The minimum Gasteiger partial charge on any atom is -0.394 e. The lowest BCUT2D eigenvalue weighted by Crippen LogP contribution is -2.55. The molecular weight excluding hydrogens is 338 g/mol. The standard InChI is InChI=1S/C18H25N3O5/c1-18(2,3)10-6-4-9(5-7-10)16-19-17(21-20-16)15-14(25)13(24)12(23)11(8-22)26-15/h4-7,11-15,22-25H,8H2,1-3H3,(H,19,20,21)/t11-,12-,13+,14-,15-/m1/s1. The predicted molar refractivity (Wildman–Crippen MR) is 93.2 cm³/mol. The van der Waals surface area contributed by atoms with E-state index in [0.717, 1.165) is 5.56 Å². The van der Waals surface area contributed by atoms with E-state index < -0.39 is 37.1 Å². The number of ether oxygens (including phenoxy) is 1. The SMILES string of the molecule is CC(C)(C)c1ccc(-c2n[nH]c([C@@H]3O[C@H](CO)[C@@H](O)[C@H](O)[C@H]3O)n2)cc1. The topological polar surface area (TPSA) is 132 Å². The molecule has 1 fully saturated rings. The highest BCUT2D eigenvalue weighted by molar-refractivity contribution is 5.55. The van der Waals surface area contributed by atoms with Crippen molar-refractivity contribution in [3.63, 3.8) is 0 Å². The van der Waals surface area contributed by atoms with Crippen LogP contribution in [0.15, 0.2) is 24.3 Å². The molecule has 0 aliphatic carbocycles. The number of aliphatic hydroxyl groups excluding tert-OH is 4. The molecule has 0 unspecified atom stereocenters. The number of benzene rings is 1. The Morgan fingerprint density at radius 2 is 1.69 bits per heavy atom. The molecule has 2 aromatic rings. The van der Waals surface area contributed by atoms with Crippen LogP contribution in [0.25, 0.3) is 11.4 Å². The summed E-state index contributed by atoms with van der Waals surface area (Å²) in [6.45, 7) is 5.90. The number of hydrogen-bond donors (Lipinski definition) is 5.